The van der Waals surface area contributed by atoms with Crippen molar-refractivity contribution in [2.24, 2.45) is 11.8 Å². The first-order valence-electron chi connectivity index (χ1n) is 7.11. The first kappa shape index (κ1) is 15.3. The van der Waals surface area contributed by atoms with Gasteiger partial charge in [-0.2, -0.15) is 0 Å². The number of alkyl halides is 2. The molecule has 120 valence electrons. The van der Waals surface area contributed by atoms with Crippen molar-refractivity contribution in [2.75, 3.05) is 33.2 Å². The molecule has 2 saturated heterocycles. The van der Waals surface area contributed by atoms with Crippen LogP contribution < -0.4 is 0 Å². The van der Waals surface area contributed by atoms with E-state index < -0.39 is 35.1 Å². The van der Waals surface area contributed by atoms with E-state index in [0.29, 0.717) is 37.1 Å². The fourth-order valence-electron chi connectivity index (χ4n) is 3.46. The number of carbonyl (C=O) groups excluding carboxylic acids is 1. The minimum Gasteiger partial charge on any atom is -0.338 e. The van der Waals surface area contributed by atoms with Crippen LogP contribution in [0, 0.1) is 23.5 Å². The summed E-state index contributed by atoms with van der Waals surface area (Å²) < 4.78 is 52.5. The summed E-state index contributed by atoms with van der Waals surface area (Å²) in [6.45, 7) is 2.72. The fourth-order valence-corrected chi connectivity index (χ4v) is 3.46. The summed E-state index contributed by atoms with van der Waals surface area (Å²) in [6, 6.07) is 0.997. The lowest BCUT2D eigenvalue weighted by Gasteiger charge is -2.20. The second-order valence-electron chi connectivity index (χ2n) is 6.11. The summed E-state index contributed by atoms with van der Waals surface area (Å²) in [6.07, 6.45) is -3.11. The summed E-state index contributed by atoms with van der Waals surface area (Å²) in [5.41, 5.74) is -1.50. The second kappa shape index (κ2) is 5.53. The molecule has 2 heterocycles. The molecule has 0 radical (unpaired) electrons. The van der Waals surface area contributed by atoms with Crippen LogP contribution in [0.3, 0.4) is 0 Å². The molecule has 3 nitrogen and oxygen atoms in total. The molecule has 0 aliphatic carbocycles. The molecule has 3 rings (SSSR count). The molecule has 1 aromatic rings. The SMILES string of the molecule is CN1C[C@@H]2CN(C(=O)c3cc(F)c(C(F)F)cc3F)C[C@@H]2C1. The van der Waals surface area contributed by atoms with Crippen LogP contribution in [0.1, 0.15) is 22.3 Å². The van der Waals surface area contributed by atoms with E-state index >= 15 is 0 Å². The highest BCUT2D eigenvalue weighted by molar-refractivity contribution is 5.94. The largest absolute Gasteiger partial charge is 0.338 e. The maximum absolute atomic E-state index is 13.9. The van der Waals surface area contributed by atoms with Crippen LogP contribution in [-0.4, -0.2) is 48.9 Å². The number of hydrogen-bond acceptors (Lipinski definition) is 2. The van der Waals surface area contributed by atoms with Gasteiger partial charge in [0, 0.05) is 26.2 Å². The first-order chi connectivity index (χ1) is 10.4. The third-order valence-electron chi connectivity index (χ3n) is 4.51. The first-order valence-corrected chi connectivity index (χ1v) is 7.11. The molecule has 2 aliphatic heterocycles. The third-order valence-corrected chi connectivity index (χ3v) is 4.51. The van der Waals surface area contributed by atoms with Crippen molar-refractivity contribution in [3.05, 3.63) is 34.9 Å². The number of benzene rings is 1. The van der Waals surface area contributed by atoms with Gasteiger partial charge < -0.3 is 9.80 Å². The minimum absolute atomic E-state index is 0.335. The molecule has 2 aliphatic rings. The number of rotatable bonds is 2. The number of nitrogens with zero attached hydrogens (tertiary/aromatic N) is 2. The Kier molecular flexibility index (Phi) is 3.84. The van der Waals surface area contributed by atoms with E-state index in [2.05, 4.69) is 4.90 Å². The monoisotopic (exact) mass is 316 g/mol. The lowest BCUT2D eigenvalue weighted by Crippen LogP contribution is -2.33. The molecule has 0 aromatic heterocycles. The van der Waals surface area contributed by atoms with Crippen LogP contribution in [-0.2, 0) is 0 Å². The molecule has 0 saturated carbocycles. The Labute approximate surface area is 125 Å². The Balaban J connectivity index is 1.80. The molecule has 2 atom stereocenters. The highest BCUT2D eigenvalue weighted by Crippen LogP contribution is 2.32. The maximum Gasteiger partial charge on any atom is 0.266 e. The molecule has 0 bridgehead atoms. The number of likely N-dealkylation sites (tertiary alicyclic amines) is 2. The van der Waals surface area contributed by atoms with Crippen molar-refractivity contribution in [3.8, 4) is 0 Å². The average molecular weight is 316 g/mol. The standard InChI is InChI=1S/C15H16F4N2O/c1-20-4-8-6-21(7-9(8)5-20)15(22)11-3-12(16)10(14(18)19)2-13(11)17/h2-3,8-9,14H,4-7H2,1H3/t8-,9+. The Morgan fingerprint density at radius 1 is 1.09 bits per heavy atom. The van der Waals surface area contributed by atoms with Gasteiger partial charge in [-0.15, -0.1) is 0 Å². The molecule has 1 aromatic carbocycles. The quantitative estimate of drug-likeness (QED) is 0.783. The van der Waals surface area contributed by atoms with Gasteiger partial charge in [-0.25, -0.2) is 17.6 Å². The van der Waals surface area contributed by atoms with Gasteiger partial charge in [-0.05, 0) is 31.0 Å². The highest BCUT2D eigenvalue weighted by atomic mass is 19.3. The van der Waals surface area contributed by atoms with Crippen molar-refractivity contribution in [2.45, 2.75) is 6.43 Å². The van der Waals surface area contributed by atoms with E-state index in [1.165, 1.54) is 4.90 Å². The summed E-state index contributed by atoms with van der Waals surface area (Å²) in [4.78, 5) is 16.0. The van der Waals surface area contributed by atoms with Gasteiger partial charge in [0.1, 0.15) is 11.6 Å². The minimum atomic E-state index is -3.11. The fraction of sp³-hybridized carbons (Fsp3) is 0.533. The van der Waals surface area contributed by atoms with Crippen molar-refractivity contribution in [1.29, 1.82) is 0 Å². The zero-order valence-corrected chi connectivity index (χ0v) is 12.0. The molecule has 0 unspecified atom stereocenters. The smallest absolute Gasteiger partial charge is 0.266 e. The zero-order chi connectivity index (χ0) is 16.0. The summed E-state index contributed by atoms with van der Waals surface area (Å²) in [5, 5.41) is 0. The van der Waals surface area contributed by atoms with Gasteiger partial charge in [0.25, 0.3) is 12.3 Å². The molecular weight excluding hydrogens is 300 g/mol. The predicted octanol–water partition coefficient (Wildman–Crippen LogP) is 2.54. The summed E-state index contributed by atoms with van der Waals surface area (Å²) in [5.74, 6) is -2.31. The van der Waals surface area contributed by atoms with E-state index in [9.17, 15) is 22.4 Å². The van der Waals surface area contributed by atoms with Crippen LogP contribution >= 0.6 is 0 Å². The van der Waals surface area contributed by atoms with Crippen LogP contribution in [0.15, 0.2) is 12.1 Å². The number of fused-ring (bicyclic) bond motifs is 1. The zero-order valence-electron chi connectivity index (χ0n) is 12.0. The normalized spacial score (nSPS) is 25.1. The van der Waals surface area contributed by atoms with Gasteiger partial charge in [0.15, 0.2) is 0 Å². The Morgan fingerprint density at radius 2 is 1.68 bits per heavy atom. The van der Waals surface area contributed by atoms with Crippen LogP contribution in [0.2, 0.25) is 0 Å². The van der Waals surface area contributed by atoms with E-state index in [0.717, 1.165) is 13.1 Å². The maximum atomic E-state index is 13.9. The molecule has 0 spiro atoms. The predicted molar refractivity (Wildman–Crippen MR) is 71.7 cm³/mol. The molecule has 7 heteroatoms. The molecule has 0 N–H and O–H groups in total. The van der Waals surface area contributed by atoms with E-state index in [1.54, 1.807) is 0 Å². The number of amides is 1. The summed E-state index contributed by atoms with van der Waals surface area (Å²) in [7, 11) is 2.00. The second-order valence-corrected chi connectivity index (χ2v) is 6.11. The molecule has 2 fully saturated rings. The van der Waals surface area contributed by atoms with Gasteiger partial charge >= 0.3 is 0 Å². The van der Waals surface area contributed by atoms with Crippen molar-refractivity contribution in [3.63, 3.8) is 0 Å². The van der Waals surface area contributed by atoms with Gasteiger partial charge in [-0.1, -0.05) is 0 Å². The average Bonchev–Trinajstić information content (AvgIpc) is 2.97. The lowest BCUT2D eigenvalue weighted by atomic mass is 10.0. The van der Waals surface area contributed by atoms with Crippen LogP contribution in [0.25, 0.3) is 0 Å². The van der Waals surface area contributed by atoms with Crippen molar-refractivity contribution in [1.82, 2.24) is 9.80 Å². The molecule has 1 amide bonds. The van der Waals surface area contributed by atoms with Crippen LogP contribution in [0.5, 0.6) is 0 Å². The van der Waals surface area contributed by atoms with Gasteiger partial charge in [-0.3, -0.25) is 4.79 Å². The topological polar surface area (TPSA) is 23.6 Å². The Morgan fingerprint density at radius 3 is 2.23 bits per heavy atom. The van der Waals surface area contributed by atoms with Crippen molar-refractivity contribution < 1.29 is 22.4 Å². The molecular formula is C15H16F4N2O. The number of halogens is 4. The van der Waals surface area contributed by atoms with Crippen molar-refractivity contribution >= 4 is 5.91 Å². The number of hydrogen-bond donors (Lipinski definition) is 0. The van der Waals surface area contributed by atoms with Gasteiger partial charge in [0.2, 0.25) is 0 Å². The molecule has 22 heavy (non-hydrogen) atoms. The Bertz CT molecular complexity index is 593. The number of carbonyl (C=O) groups is 1. The lowest BCUT2D eigenvalue weighted by molar-refractivity contribution is 0.0769. The third kappa shape index (κ3) is 2.58. The van der Waals surface area contributed by atoms with Gasteiger partial charge in [0.05, 0.1) is 11.1 Å². The van der Waals surface area contributed by atoms with E-state index in [-0.39, 0.29) is 0 Å². The van der Waals surface area contributed by atoms with Crippen LogP contribution in [0.4, 0.5) is 17.6 Å². The Hall–Kier alpha value is -1.63. The summed E-state index contributed by atoms with van der Waals surface area (Å²) >= 11 is 0. The van der Waals surface area contributed by atoms with E-state index in [1.807, 2.05) is 7.05 Å². The highest BCUT2D eigenvalue weighted by Gasteiger charge is 2.41. The van der Waals surface area contributed by atoms with E-state index in [4.69, 9.17) is 0 Å².